The lowest BCUT2D eigenvalue weighted by Gasteiger charge is -2.24. The Morgan fingerprint density at radius 2 is 2.09 bits per heavy atom. The lowest BCUT2D eigenvalue weighted by molar-refractivity contribution is 0.102. The molecule has 1 saturated heterocycles. The second kappa shape index (κ2) is 11.4. The Labute approximate surface area is 208 Å². The van der Waals surface area contributed by atoms with Crippen molar-refractivity contribution in [2.45, 2.75) is 32.0 Å². The number of aliphatic hydroxyl groups is 2. The fraction of sp³-hybridized carbons (Fsp3) is 0.320. The lowest BCUT2D eigenvalue weighted by Crippen LogP contribution is -2.33. The number of benzene rings is 2. The van der Waals surface area contributed by atoms with Gasteiger partial charge in [-0.25, -0.2) is 4.98 Å². The number of rotatable bonds is 9. The molecule has 1 aliphatic heterocycles. The van der Waals surface area contributed by atoms with Crippen LogP contribution < -0.4 is 20.3 Å². The Hall–Kier alpha value is -3.40. The third-order valence-electron chi connectivity index (χ3n) is 5.98. The van der Waals surface area contributed by atoms with Gasteiger partial charge in [-0.1, -0.05) is 35.9 Å². The molecule has 1 aromatic heterocycles. The smallest absolute Gasteiger partial charge is 0.261 e. The molecule has 0 spiro atoms. The molecule has 184 valence electrons. The number of aliphatic hydroxyl groups excluding tert-OH is 2. The standard InChI is InChI=1S/C25H28ClN5O4/c1-35-22-9-8-16(11-20(22)26)12-27-23-19(24(34)29-21-7-3-2-5-17(21)14-32)13-28-25(30-23)31-10-4-6-18(31)15-33/h2-3,5,7-9,11,13,18,32-33H,4,6,10,12,14-15H2,1H3,(H,29,34)(H,27,28,30)/t18-/m0/s1. The summed E-state index contributed by atoms with van der Waals surface area (Å²) in [4.78, 5) is 24.2. The molecule has 1 fully saturated rings. The van der Waals surface area contributed by atoms with Crippen LogP contribution in [0.1, 0.15) is 34.3 Å². The SMILES string of the molecule is COc1ccc(CNc2nc(N3CCC[C@H]3CO)ncc2C(=O)Nc2ccccc2CO)cc1Cl. The zero-order valence-electron chi connectivity index (χ0n) is 19.4. The summed E-state index contributed by atoms with van der Waals surface area (Å²) in [5, 5.41) is 25.9. The lowest BCUT2D eigenvalue weighted by atomic mass is 10.1. The Bertz CT molecular complexity index is 1190. The first kappa shape index (κ1) is 24.7. The van der Waals surface area contributed by atoms with Gasteiger partial charge in [-0.15, -0.1) is 0 Å². The maximum absolute atomic E-state index is 13.2. The molecule has 1 amide bonds. The van der Waals surface area contributed by atoms with Gasteiger partial charge in [-0.2, -0.15) is 4.98 Å². The summed E-state index contributed by atoms with van der Waals surface area (Å²) in [6, 6.07) is 12.4. The fourth-order valence-corrected chi connectivity index (χ4v) is 4.36. The van der Waals surface area contributed by atoms with E-state index in [1.165, 1.54) is 6.20 Å². The molecule has 1 atom stereocenters. The molecule has 2 aromatic carbocycles. The maximum atomic E-state index is 13.2. The average molecular weight is 498 g/mol. The van der Waals surface area contributed by atoms with Crippen LogP contribution in [0.3, 0.4) is 0 Å². The number of methoxy groups -OCH3 is 1. The van der Waals surface area contributed by atoms with Crippen LogP contribution in [0.5, 0.6) is 5.75 Å². The van der Waals surface area contributed by atoms with Crippen LogP contribution in [0, 0.1) is 0 Å². The van der Waals surface area contributed by atoms with Gasteiger partial charge in [0.15, 0.2) is 0 Å². The van der Waals surface area contributed by atoms with Crippen molar-refractivity contribution in [2.24, 2.45) is 0 Å². The highest BCUT2D eigenvalue weighted by molar-refractivity contribution is 6.32. The molecule has 0 aliphatic carbocycles. The first-order chi connectivity index (χ1) is 17.0. The van der Waals surface area contributed by atoms with Crippen molar-refractivity contribution < 1.29 is 19.7 Å². The summed E-state index contributed by atoms with van der Waals surface area (Å²) < 4.78 is 5.21. The second-order valence-corrected chi connectivity index (χ2v) is 8.60. The van der Waals surface area contributed by atoms with Crippen molar-refractivity contribution in [3.8, 4) is 5.75 Å². The van der Waals surface area contributed by atoms with Crippen LogP contribution in [0.2, 0.25) is 5.02 Å². The highest BCUT2D eigenvalue weighted by atomic mass is 35.5. The van der Waals surface area contributed by atoms with Crippen molar-refractivity contribution >= 4 is 35.0 Å². The predicted molar refractivity (Wildman–Crippen MR) is 135 cm³/mol. The number of para-hydroxylation sites is 1. The van der Waals surface area contributed by atoms with Gasteiger partial charge >= 0.3 is 0 Å². The van der Waals surface area contributed by atoms with E-state index in [1.54, 1.807) is 43.5 Å². The molecule has 0 unspecified atom stereocenters. The normalized spacial score (nSPS) is 15.2. The Kier molecular flexibility index (Phi) is 8.02. The van der Waals surface area contributed by atoms with E-state index in [-0.39, 0.29) is 24.8 Å². The van der Waals surface area contributed by atoms with Crippen molar-refractivity contribution in [1.82, 2.24) is 9.97 Å². The van der Waals surface area contributed by atoms with E-state index in [2.05, 4.69) is 20.6 Å². The van der Waals surface area contributed by atoms with Crippen molar-refractivity contribution in [1.29, 1.82) is 0 Å². The monoisotopic (exact) mass is 497 g/mol. The van der Waals surface area contributed by atoms with E-state index in [9.17, 15) is 15.0 Å². The number of halogens is 1. The number of anilines is 3. The number of amides is 1. The number of nitrogens with zero attached hydrogens (tertiary/aromatic N) is 3. The largest absolute Gasteiger partial charge is 0.495 e. The third-order valence-corrected chi connectivity index (χ3v) is 6.27. The molecule has 0 saturated carbocycles. The minimum absolute atomic E-state index is 0.0106. The summed E-state index contributed by atoms with van der Waals surface area (Å²) in [5.74, 6) is 0.966. The highest BCUT2D eigenvalue weighted by Crippen LogP contribution is 2.27. The molecular formula is C25H28ClN5O4. The van der Waals surface area contributed by atoms with Gasteiger partial charge in [0.25, 0.3) is 5.91 Å². The van der Waals surface area contributed by atoms with Gasteiger partial charge < -0.3 is 30.5 Å². The fourth-order valence-electron chi connectivity index (χ4n) is 4.08. The van der Waals surface area contributed by atoms with E-state index < -0.39 is 5.91 Å². The van der Waals surface area contributed by atoms with Crippen molar-refractivity contribution in [3.05, 3.63) is 70.4 Å². The molecule has 0 bridgehead atoms. The molecule has 3 aromatic rings. The molecule has 2 heterocycles. The summed E-state index contributed by atoms with van der Waals surface area (Å²) in [5.41, 5.74) is 2.24. The Morgan fingerprint density at radius 1 is 1.26 bits per heavy atom. The molecule has 4 rings (SSSR count). The maximum Gasteiger partial charge on any atom is 0.261 e. The minimum atomic E-state index is -0.409. The van der Waals surface area contributed by atoms with Crippen molar-refractivity contribution in [3.63, 3.8) is 0 Å². The van der Waals surface area contributed by atoms with Crippen molar-refractivity contribution in [2.75, 3.05) is 35.8 Å². The molecule has 0 radical (unpaired) electrons. The van der Waals surface area contributed by atoms with Crippen LogP contribution in [0.4, 0.5) is 17.5 Å². The molecule has 35 heavy (non-hydrogen) atoms. The van der Waals surface area contributed by atoms with E-state index in [0.717, 1.165) is 24.9 Å². The van der Waals surface area contributed by atoms with Crippen LogP contribution in [-0.4, -0.2) is 52.4 Å². The second-order valence-electron chi connectivity index (χ2n) is 8.20. The Morgan fingerprint density at radius 3 is 2.83 bits per heavy atom. The van der Waals surface area contributed by atoms with Gasteiger partial charge in [-0.05, 0) is 36.6 Å². The number of nitrogens with one attached hydrogen (secondary N) is 2. The van der Waals surface area contributed by atoms with Gasteiger partial charge in [0.05, 0.1) is 31.4 Å². The topological polar surface area (TPSA) is 120 Å². The molecule has 10 heteroatoms. The van der Waals surface area contributed by atoms with Crippen LogP contribution in [0.15, 0.2) is 48.7 Å². The summed E-state index contributed by atoms with van der Waals surface area (Å²) in [6.45, 7) is 0.897. The molecular weight excluding hydrogens is 470 g/mol. The zero-order valence-corrected chi connectivity index (χ0v) is 20.1. The van der Waals surface area contributed by atoms with Gasteiger partial charge in [-0.3, -0.25) is 4.79 Å². The quantitative estimate of drug-likeness (QED) is 0.355. The predicted octanol–water partition coefficient (Wildman–Crippen LogP) is 3.46. The highest BCUT2D eigenvalue weighted by Gasteiger charge is 2.27. The van der Waals surface area contributed by atoms with Crippen LogP contribution >= 0.6 is 11.6 Å². The van der Waals surface area contributed by atoms with Gasteiger partial charge in [0, 0.05) is 30.5 Å². The summed E-state index contributed by atoms with van der Waals surface area (Å²) in [6.07, 6.45) is 3.27. The van der Waals surface area contributed by atoms with Crippen LogP contribution in [-0.2, 0) is 13.2 Å². The minimum Gasteiger partial charge on any atom is -0.495 e. The van der Waals surface area contributed by atoms with E-state index in [0.29, 0.717) is 40.3 Å². The van der Waals surface area contributed by atoms with E-state index >= 15 is 0 Å². The number of carbonyl (C=O) groups excluding carboxylic acids is 1. The number of hydrogen-bond donors (Lipinski definition) is 4. The number of aromatic nitrogens is 2. The zero-order chi connectivity index (χ0) is 24.8. The first-order valence-electron chi connectivity index (χ1n) is 11.3. The van der Waals surface area contributed by atoms with Gasteiger partial charge in [0.1, 0.15) is 17.1 Å². The molecule has 1 aliphatic rings. The molecule has 9 nitrogen and oxygen atoms in total. The average Bonchev–Trinajstić information content (AvgIpc) is 3.36. The summed E-state index contributed by atoms with van der Waals surface area (Å²) >= 11 is 6.26. The Balaban J connectivity index is 1.63. The third kappa shape index (κ3) is 5.64. The first-order valence-corrected chi connectivity index (χ1v) is 11.7. The number of hydrogen-bond acceptors (Lipinski definition) is 8. The molecule has 4 N–H and O–H groups in total. The van der Waals surface area contributed by atoms with E-state index in [4.69, 9.17) is 16.3 Å². The summed E-state index contributed by atoms with van der Waals surface area (Å²) in [7, 11) is 1.55. The van der Waals surface area contributed by atoms with E-state index in [1.807, 2.05) is 11.0 Å². The number of ether oxygens (including phenoxy) is 1. The van der Waals surface area contributed by atoms with Gasteiger partial charge in [0.2, 0.25) is 5.95 Å². The van der Waals surface area contributed by atoms with Crippen LogP contribution in [0.25, 0.3) is 0 Å². The number of carbonyl (C=O) groups is 1.